The number of ether oxygens (including phenoxy) is 1. The van der Waals surface area contributed by atoms with Crippen molar-refractivity contribution >= 4 is 35.0 Å². The smallest absolute Gasteiger partial charge is 0.306 e. The molecule has 11 heteroatoms. The second-order valence-corrected chi connectivity index (χ2v) is 14.9. The molecule has 3 rings (SSSR count). The molecule has 2 aromatic rings. The van der Waals surface area contributed by atoms with Gasteiger partial charge in [-0.05, 0) is 64.0 Å². The molecule has 0 spiro atoms. The van der Waals surface area contributed by atoms with E-state index in [1.807, 2.05) is 85.2 Å². The van der Waals surface area contributed by atoms with Crippen LogP contribution in [-0.2, 0) is 23.9 Å². The molecule has 0 unspecified atom stereocenters. The number of hydrogen-bond donors (Lipinski definition) is 3. The van der Waals surface area contributed by atoms with E-state index in [9.17, 15) is 24.3 Å². The van der Waals surface area contributed by atoms with Crippen LogP contribution in [0.4, 0.5) is 0 Å². The second-order valence-electron chi connectivity index (χ2n) is 14.0. The lowest BCUT2D eigenvalue weighted by atomic mass is 9.85. The van der Waals surface area contributed by atoms with E-state index in [0.717, 1.165) is 21.7 Å². The molecule has 3 N–H and O–H groups in total. The fraction of sp³-hybridized carbons (Fsp3) is 0.618. The Morgan fingerprint density at radius 2 is 1.67 bits per heavy atom. The molecular formula is C34H50N4O6S. The number of aliphatic hydroxyl groups excluding tert-OH is 1. The molecule has 1 saturated heterocycles. The van der Waals surface area contributed by atoms with Gasteiger partial charge < -0.3 is 25.4 Å². The molecule has 3 amide bonds. The van der Waals surface area contributed by atoms with Gasteiger partial charge in [-0.15, -0.1) is 11.3 Å². The monoisotopic (exact) mass is 642 g/mol. The number of nitrogens with one attached hydrogen (secondary N) is 2. The third-order valence-electron chi connectivity index (χ3n) is 7.76. The second kappa shape index (κ2) is 15.3. The topological polar surface area (TPSA) is 138 Å². The van der Waals surface area contributed by atoms with Crippen LogP contribution in [0.25, 0.3) is 10.4 Å². The van der Waals surface area contributed by atoms with Crippen molar-refractivity contribution in [2.75, 3.05) is 6.54 Å². The maximum atomic E-state index is 13.9. The highest BCUT2D eigenvalue weighted by Crippen LogP contribution is 2.29. The van der Waals surface area contributed by atoms with Crippen molar-refractivity contribution in [3.05, 3.63) is 41.0 Å². The van der Waals surface area contributed by atoms with E-state index in [2.05, 4.69) is 15.6 Å². The zero-order valence-corrected chi connectivity index (χ0v) is 28.8. The van der Waals surface area contributed by atoms with E-state index in [-0.39, 0.29) is 43.2 Å². The van der Waals surface area contributed by atoms with Crippen LogP contribution in [0.15, 0.2) is 29.8 Å². The SMILES string of the molecule is Cc1ncsc1-c1ccc([C@H](C)NC(=O)[C@@H]2C[C@@H](O)CN2C(=O)[C@@H](NC(=O)CCCCCC(=O)OC(C)(C)C)C(C)(C)C)cc1. The van der Waals surface area contributed by atoms with Crippen molar-refractivity contribution in [1.82, 2.24) is 20.5 Å². The molecule has 1 aromatic heterocycles. The number of rotatable bonds is 12. The van der Waals surface area contributed by atoms with E-state index in [1.54, 1.807) is 11.3 Å². The van der Waals surface area contributed by atoms with E-state index < -0.39 is 35.1 Å². The largest absolute Gasteiger partial charge is 0.460 e. The molecule has 1 aliphatic rings. The molecular weight excluding hydrogens is 592 g/mol. The van der Waals surface area contributed by atoms with Crippen LogP contribution in [-0.4, -0.2) is 69.0 Å². The van der Waals surface area contributed by atoms with E-state index in [4.69, 9.17) is 4.74 Å². The van der Waals surface area contributed by atoms with Gasteiger partial charge in [0.25, 0.3) is 0 Å². The number of aliphatic hydroxyl groups is 1. The predicted octanol–water partition coefficient (Wildman–Crippen LogP) is 5.08. The van der Waals surface area contributed by atoms with Gasteiger partial charge in [-0.2, -0.15) is 0 Å². The summed E-state index contributed by atoms with van der Waals surface area (Å²) in [5.41, 5.74) is 3.60. The third kappa shape index (κ3) is 10.6. The number of likely N-dealkylation sites (tertiary alicyclic amines) is 1. The molecule has 0 bridgehead atoms. The van der Waals surface area contributed by atoms with Gasteiger partial charge in [0.05, 0.1) is 28.2 Å². The average Bonchev–Trinajstić information content (AvgIpc) is 3.55. The summed E-state index contributed by atoms with van der Waals surface area (Å²) in [5, 5.41) is 16.4. The number of aromatic nitrogens is 1. The summed E-state index contributed by atoms with van der Waals surface area (Å²) in [5.74, 6) is -1.27. The minimum Gasteiger partial charge on any atom is -0.460 e. The number of carbonyl (C=O) groups excluding carboxylic acids is 4. The lowest BCUT2D eigenvalue weighted by Crippen LogP contribution is -2.57. The van der Waals surface area contributed by atoms with Crippen LogP contribution < -0.4 is 10.6 Å². The first kappa shape index (κ1) is 36.2. The minimum absolute atomic E-state index is 0.0152. The lowest BCUT2D eigenvalue weighted by Gasteiger charge is -2.35. The quantitative estimate of drug-likeness (QED) is 0.217. The number of aryl methyl sites for hydroxylation is 1. The van der Waals surface area contributed by atoms with Gasteiger partial charge in [-0.1, -0.05) is 51.5 Å². The highest BCUT2D eigenvalue weighted by atomic mass is 32.1. The third-order valence-corrected chi connectivity index (χ3v) is 8.74. The molecule has 248 valence electrons. The lowest BCUT2D eigenvalue weighted by molar-refractivity contribution is -0.155. The zero-order chi connectivity index (χ0) is 33.5. The summed E-state index contributed by atoms with van der Waals surface area (Å²) < 4.78 is 5.32. The number of hydrogen-bond acceptors (Lipinski definition) is 8. The number of benzene rings is 1. The van der Waals surface area contributed by atoms with Crippen molar-refractivity contribution in [2.45, 2.75) is 124 Å². The Kier molecular flexibility index (Phi) is 12.3. The Labute approximate surface area is 271 Å². The molecule has 0 radical (unpaired) electrons. The molecule has 2 heterocycles. The van der Waals surface area contributed by atoms with Crippen molar-refractivity contribution in [3.63, 3.8) is 0 Å². The summed E-state index contributed by atoms with van der Waals surface area (Å²) in [7, 11) is 0. The average molecular weight is 643 g/mol. The maximum absolute atomic E-state index is 13.9. The summed E-state index contributed by atoms with van der Waals surface area (Å²) in [6, 6.07) is 5.88. The first-order valence-corrected chi connectivity index (χ1v) is 16.6. The normalized spacial score (nSPS) is 18.3. The fourth-order valence-electron chi connectivity index (χ4n) is 5.37. The highest BCUT2D eigenvalue weighted by molar-refractivity contribution is 7.13. The minimum atomic E-state index is -0.882. The molecule has 1 fully saturated rings. The Morgan fingerprint density at radius 3 is 2.24 bits per heavy atom. The van der Waals surface area contributed by atoms with Crippen molar-refractivity contribution in [1.29, 1.82) is 0 Å². The van der Waals surface area contributed by atoms with E-state index >= 15 is 0 Å². The van der Waals surface area contributed by atoms with Gasteiger partial charge in [0, 0.05) is 25.8 Å². The Hall–Kier alpha value is -3.31. The van der Waals surface area contributed by atoms with Gasteiger partial charge >= 0.3 is 5.97 Å². The Bertz CT molecular complexity index is 1330. The van der Waals surface area contributed by atoms with Crippen LogP contribution in [0, 0.1) is 12.3 Å². The number of esters is 1. The fourth-order valence-corrected chi connectivity index (χ4v) is 6.18. The van der Waals surface area contributed by atoms with E-state index in [1.165, 1.54) is 4.90 Å². The van der Waals surface area contributed by atoms with Crippen molar-refractivity contribution in [3.8, 4) is 10.4 Å². The van der Waals surface area contributed by atoms with Crippen LogP contribution >= 0.6 is 11.3 Å². The first-order valence-electron chi connectivity index (χ1n) is 15.8. The highest BCUT2D eigenvalue weighted by Gasteiger charge is 2.44. The molecule has 0 saturated carbocycles. The standard InChI is InChI=1S/C34H50N4O6S/c1-21(23-14-16-24(17-15-23)29-22(2)35-20-45-29)36-31(42)26-18-25(39)19-38(26)32(43)30(33(3,4)5)37-27(40)12-10-9-11-13-28(41)44-34(6,7)8/h14-17,20-21,25-26,30,39H,9-13,18-19H2,1-8H3,(H,36,42)(H,37,40)/t21-,25+,26-,30+/m0/s1. The number of β-amino-alcohol motifs (C(OH)–C–C–N with tert-alkyl or cyclic N) is 1. The van der Waals surface area contributed by atoms with Crippen molar-refractivity contribution < 1.29 is 29.0 Å². The summed E-state index contributed by atoms with van der Waals surface area (Å²) in [6.07, 6.45) is 1.63. The first-order chi connectivity index (χ1) is 21.0. The molecule has 1 aliphatic heterocycles. The van der Waals surface area contributed by atoms with Crippen LogP contribution in [0.2, 0.25) is 0 Å². The maximum Gasteiger partial charge on any atom is 0.306 e. The van der Waals surface area contributed by atoms with Crippen LogP contribution in [0.3, 0.4) is 0 Å². The van der Waals surface area contributed by atoms with Gasteiger partial charge in [-0.25, -0.2) is 4.98 Å². The summed E-state index contributed by atoms with van der Waals surface area (Å²) in [4.78, 5) is 58.9. The molecule has 1 aromatic carbocycles. The van der Waals surface area contributed by atoms with Crippen LogP contribution in [0.1, 0.15) is 104 Å². The van der Waals surface area contributed by atoms with Crippen molar-refractivity contribution in [2.24, 2.45) is 5.41 Å². The number of carbonyl (C=O) groups is 4. The number of unbranched alkanes of at least 4 members (excludes halogenated alkanes) is 2. The van der Waals surface area contributed by atoms with Crippen LogP contribution in [0.5, 0.6) is 0 Å². The van der Waals surface area contributed by atoms with E-state index in [0.29, 0.717) is 25.7 Å². The predicted molar refractivity (Wildman–Crippen MR) is 175 cm³/mol. The number of nitrogens with zero attached hydrogens (tertiary/aromatic N) is 2. The zero-order valence-electron chi connectivity index (χ0n) is 27.9. The number of thiazole rings is 1. The molecule has 4 atom stereocenters. The van der Waals surface area contributed by atoms with Gasteiger partial charge in [-0.3, -0.25) is 19.2 Å². The summed E-state index contributed by atoms with van der Waals surface area (Å²) >= 11 is 1.58. The van der Waals surface area contributed by atoms with Gasteiger partial charge in [0.1, 0.15) is 17.7 Å². The van der Waals surface area contributed by atoms with Gasteiger partial charge in [0.2, 0.25) is 17.7 Å². The molecule has 0 aliphatic carbocycles. The summed E-state index contributed by atoms with van der Waals surface area (Å²) in [6.45, 7) is 14.9. The number of amides is 3. The molecule has 10 nitrogen and oxygen atoms in total. The van der Waals surface area contributed by atoms with Gasteiger partial charge in [0.15, 0.2) is 0 Å². The Balaban J connectivity index is 1.58. The molecule has 45 heavy (non-hydrogen) atoms. The Morgan fingerprint density at radius 1 is 1.02 bits per heavy atom.